The molecule has 74 valence electrons. The van der Waals surface area contributed by atoms with Crippen LogP contribution in [0.5, 0.6) is 5.75 Å². The number of ether oxygens (including phenoxy) is 2. The Morgan fingerprint density at radius 2 is 2.00 bits per heavy atom. The van der Waals surface area contributed by atoms with Crippen molar-refractivity contribution in [1.82, 2.24) is 0 Å². The fourth-order valence-electron chi connectivity index (χ4n) is 1.94. The van der Waals surface area contributed by atoms with Crippen LogP contribution in [0.15, 0.2) is 12.1 Å². The molecule has 2 aliphatic rings. The Bertz CT molecular complexity index is 330. The number of benzene rings is 1. The molecule has 0 spiro atoms. The van der Waals surface area contributed by atoms with Crippen LogP contribution in [0.4, 0.5) is 5.69 Å². The summed E-state index contributed by atoms with van der Waals surface area (Å²) in [5.74, 6) is 0.978. The van der Waals surface area contributed by atoms with E-state index in [0.29, 0.717) is 0 Å². The fraction of sp³-hybridized carbons (Fsp3) is 0.455. The van der Waals surface area contributed by atoms with Crippen LogP contribution in [0.1, 0.15) is 17.5 Å². The van der Waals surface area contributed by atoms with Gasteiger partial charge in [0, 0.05) is 6.54 Å². The predicted octanol–water partition coefficient (Wildman–Crippen LogP) is 1.91. The van der Waals surface area contributed by atoms with Gasteiger partial charge in [0.25, 0.3) is 0 Å². The summed E-state index contributed by atoms with van der Waals surface area (Å²) in [4.78, 5) is 0. The number of anilines is 1. The normalized spacial score (nSPS) is 18.9. The Morgan fingerprint density at radius 3 is 2.93 bits per heavy atom. The van der Waals surface area contributed by atoms with Gasteiger partial charge in [0.2, 0.25) is 0 Å². The van der Waals surface area contributed by atoms with Crippen LogP contribution in [0.3, 0.4) is 0 Å². The van der Waals surface area contributed by atoms with Crippen molar-refractivity contribution in [3.05, 3.63) is 23.3 Å². The minimum Gasteiger partial charge on any atom is -0.491 e. The van der Waals surface area contributed by atoms with Crippen LogP contribution in [-0.2, 0) is 18.0 Å². The molecule has 1 aromatic rings. The van der Waals surface area contributed by atoms with Crippen molar-refractivity contribution in [3.8, 4) is 5.75 Å². The summed E-state index contributed by atoms with van der Waals surface area (Å²) in [6.07, 6.45) is 1.07. The SMILES string of the molecule is c1c2c(cc3c1NCCCO3)COC2. The Labute approximate surface area is 83.0 Å². The Morgan fingerprint density at radius 1 is 1.14 bits per heavy atom. The molecule has 1 N–H and O–H groups in total. The van der Waals surface area contributed by atoms with Crippen LogP contribution in [0.25, 0.3) is 0 Å². The molecule has 0 fully saturated rings. The highest BCUT2D eigenvalue weighted by molar-refractivity contribution is 5.61. The molecule has 0 atom stereocenters. The van der Waals surface area contributed by atoms with Crippen molar-refractivity contribution in [1.29, 1.82) is 0 Å². The zero-order valence-electron chi connectivity index (χ0n) is 8.01. The summed E-state index contributed by atoms with van der Waals surface area (Å²) >= 11 is 0. The highest BCUT2D eigenvalue weighted by Crippen LogP contribution is 2.33. The van der Waals surface area contributed by atoms with Gasteiger partial charge in [-0.15, -0.1) is 0 Å². The third-order valence-corrected chi connectivity index (χ3v) is 2.71. The average molecular weight is 191 g/mol. The second kappa shape index (κ2) is 3.17. The summed E-state index contributed by atoms with van der Waals surface area (Å²) in [6.45, 7) is 3.27. The number of hydrogen-bond donors (Lipinski definition) is 1. The number of rotatable bonds is 0. The van der Waals surface area contributed by atoms with Crippen LogP contribution in [-0.4, -0.2) is 13.2 Å². The molecule has 0 aromatic heterocycles. The molecule has 0 amide bonds. The minimum absolute atomic E-state index is 0.728. The molecule has 3 rings (SSSR count). The van der Waals surface area contributed by atoms with Gasteiger partial charge in [-0.1, -0.05) is 0 Å². The summed E-state index contributed by atoms with van der Waals surface area (Å²) in [5, 5.41) is 3.37. The van der Waals surface area contributed by atoms with Crippen LogP contribution in [0.2, 0.25) is 0 Å². The summed E-state index contributed by atoms with van der Waals surface area (Å²) in [7, 11) is 0. The lowest BCUT2D eigenvalue weighted by molar-refractivity contribution is 0.134. The Kier molecular flexibility index (Phi) is 1.84. The van der Waals surface area contributed by atoms with Gasteiger partial charge < -0.3 is 14.8 Å². The van der Waals surface area contributed by atoms with Gasteiger partial charge >= 0.3 is 0 Å². The van der Waals surface area contributed by atoms with Crippen LogP contribution in [0, 0.1) is 0 Å². The second-order valence-corrected chi connectivity index (χ2v) is 3.74. The zero-order chi connectivity index (χ0) is 9.38. The van der Waals surface area contributed by atoms with Gasteiger partial charge in [-0.2, -0.15) is 0 Å². The molecular weight excluding hydrogens is 178 g/mol. The molecule has 0 unspecified atom stereocenters. The maximum Gasteiger partial charge on any atom is 0.142 e. The number of fused-ring (bicyclic) bond motifs is 2. The third kappa shape index (κ3) is 1.24. The Balaban J connectivity index is 2.06. The van der Waals surface area contributed by atoms with Crippen LogP contribution >= 0.6 is 0 Å². The van der Waals surface area contributed by atoms with E-state index in [0.717, 1.165) is 44.2 Å². The van der Waals surface area contributed by atoms with Crippen molar-refractivity contribution in [3.63, 3.8) is 0 Å². The van der Waals surface area contributed by atoms with Gasteiger partial charge in [-0.25, -0.2) is 0 Å². The minimum atomic E-state index is 0.728. The topological polar surface area (TPSA) is 30.5 Å². The van der Waals surface area contributed by atoms with E-state index in [1.165, 1.54) is 11.1 Å². The van der Waals surface area contributed by atoms with E-state index in [1.54, 1.807) is 0 Å². The maximum atomic E-state index is 5.66. The third-order valence-electron chi connectivity index (χ3n) is 2.71. The van der Waals surface area contributed by atoms with Gasteiger partial charge in [0.15, 0.2) is 0 Å². The first-order chi connectivity index (χ1) is 6.93. The molecule has 2 heterocycles. The average Bonchev–Trinajstić information content (AvgIpc) is 2.51. The smallest absolute Gasteiger partial charge is 0.142 e. The van der Waals surface area contributed by atoms with Gasteiger partial charge in [-0.3, -0.25) is 0 Å². The molecule has 0 radical (unpaired) electrons. The van der Waals surface area contributed by atoms with E-state index in [9.17, 15) is 0 Å². The molecule has 14 heavy (non-hydrogen) atoms. The first kappa shape index (κ1) is 8.12. The molecule has 2 aliphatic heterocycles. The van der Waals surface area contributed by atoms with Crippen molar-refractivity contribution in [2.45, 2.75) is 19.6 Å². The van der Waals surface area contributed by atoms with E-state index in [4.69, 9.17) is 9.47 Å². The van der Waals surface area contributed by atoms with E-state index in [-0.39, 0.29) is 0 Å². The first-order valence-corrected chi connectivity index (χ1v) is 5.04. The quantitative estimate of drug-likeness (QED) is 0.679. The molecule has 3 nitrogen and oxygen atoms in total. The highest BCUT2D eigenvalue weighted by atomic mass is 16.5. The van der Waals surface area contributed by atoms with E-state index >= 15 is 0 Å². The maximum absolute atomic E-state index is 5.66. The summed E-state index contributed by atoms with van der Waals surface area (Å²) in [5.41, 5.74) is 3.68. The van der Waals surface area contributed by atoms with Crippen molar-refractivity contribution >= 4 is 5.69 Å². The second-order valence-electron chi connectivity index (χ2n) is 3.74. The first-order valence-electron chi connectivity index (χ1n) is 5.04. The predicted molar refractivity (Wildman–Crippen MR) is 53.5 cm³/mol. The number of nitrogens with one attached hydrogen (secondary N) is 1. The molecule has 0 bridgehead atoms. The van der Waals surface area contributed by atoms with Crippen LogP contribution < -0.4 is 10.1 Å². The lowest BCUT2D eigenvalue weighted by Gasteiger charge is -2.09. The van der Waals surface area contributed by atoms with Crippen molar-refractivity contribution in [2.24, 2.45) is 0 Å². The molecule has 3 heteroatoms. The van der Waals surface area contributed by atoms with Gasteiger partial charge in [0.1, 0.15) is 5.75 Å². The summed E-state index contributed by atoms with van der Waals surface area (Å²) in [6, 6.07) is 4.26. The standard InChI is InChI=1S/C11H13NO2/c1-2-12-10-4-8-6-13-7-9(8)5-11(10)14-3-1/h4-5,12H,1-3,6-7H2. The lowest BCUT2D eigenvalue weighted by atomic mass is 10.1. The lowest BCUT2D eigenvalue weighted by Crippen LogP contribution is -2.00. The van der Waals surface area contributed by atoms with Gasteiger partial charge in [0.05, 0.1) is 25.5 Å². The zero-order valence-corrected chi connectivity index (χ0v) is 8.01. The molecule has 1 aromatic carbocycles. The largest absolute Gasteiger partial charge is 0.491 e. The molecule has 0 aliphatic carbocycles. The molecule has 0 saturated heterocycles. The highest BCUT2D eigenvalue weighted by Gasteiger charge is 2.16. The van der Waals surface area contributed by atoms with Crippen molar-refractivity contribution in [2.75, 3.05) is 18.5 Å². The van der Waals surface area contributed by atoms with E-state index in [1.807, 2.05) is 0 Å². The monoisotopic (exact) mass is 191 g/mol. The van der Waals surface area contributed by atoms with E-state index in [2.05, 4.69) is 17.4 Å². The molecule has 0 saturated carbocycles. The van der Waals surface area contributed by atoms with E-state index < -0.39 is 0 Å². The number of hydrogen-bond acceptors (Lipinski definition) is 3. The summed E-state index contributed by atoms with van der Waals surface area (Å²) < 4.78 is 11.0. The Hall–Kier alpha value is -1.22. The van der Waals surface area contributed by atoms with Gasteiger partial charge in [-0.05, 0) is 29.7 Å². The van der Waals surface area contributed by atoms with Crippen molar-refractivity contribution < 1.29 is 9.47 Å². The fourth-order valence-corrected chi connectivity index (χ4v) is 1.94. The molecular formula is C11H13NO2.